The SMILES string of the molecule is CCCN(CCC)CCCNC(=O)Nc1cc(NC(C)=O)ccc1C. The highest BCUT2D eigenvalue weighted by atomic mass is 16.2. The fraction of sp³-hybridized carbons (Fsp3) is 0.579. The smallest absolute Gasteiger partial charge is 0.319 e. The van der Waals surface area contributed by atoms with Gasteiger partial charge < -0.3 is 20.9 Å². The highest BCUT2D eigenvalue weighted by Crippen LogP contribution is 2.20. The highest BCUT2D eigenvalue weighted by molar-refractivity contribution is 5.93. The van der Waals surface area contributed by atoms with E-state index in [1.807, 2.05) is 19.1 Å². The van der Waals surface area contributed by atoms with E-state index in [1.54, 1.807) is 6.07 Å². The molecule has 0 fully saturated rings. The number of nitrogens with one attached hydrogen (secondary N) is 3. The zero-order valence-electron chi connectivity index (χ0n) is 15.9. The van der Waals surface area contributed by atoms with Crippen LogP contribution >= 0.6 is 0 Å². The molecule has 0 aliphatic rings. The predicted molar refractivity (Wildman–Crippen MR) is 104 cm³/mol. The van der Waals surface area contributed by atoms with Crippen LogP contribution in [0, 0.1) is 6.92 Å². The van der Waals surface area contributed by atoms with Crippen molar-refractivity contribution in [1.29, 1.82) is 0 Å². The molecule has 6 heteroatoms. The number of hydrogen-bond acceptors (Lipinski definition) is 3. The molecule has 3 N–H and O–H groups in total. The molecule has 0 spiro atoms. The van der Waals surface area contributed by atoms with E-state index in [9.17, 15) is 9.59 Å². The quantitative estimate of drug-likeness (QED) is 0.566. The van der Waals surface area contributed by atoms with Gasteiger partial charge >= 0.3 is 6.03 Å². The van der Waals surface area contributed by atoms with Gasteiger partial charge in [0.2, 0.25) is 5.91 Å². The van der Waals surface area contributed by atoms with E-state index in [-0.39, 0.29) is 11.9 Å². The van der Waals surface area contributed by atoms with E-state index in [4.69, 9.17) is 0 Å². The molecule has 0 saturated carbocycles. The second-order valence-electron chi connectivity index (χ2n) is 6.29. The Morgan fingerprint density at radius 1 is 1.04 bits per heavy atom. The predicted octanol–water partition coefficient (Wildman–Crippen LogP) is 3.59. The number of hydrogen-bond donors (Lipinski definition) is 3. The molecule has 0 heterocycles. The number of urea groups is 1. The summed E-state index contributed by atoms with van der Waals surface area (Å²) in [5.41, 5.74) is 2.31. The molecule has 1 aromatic rings. The molecule has 1 aromatic carbocycles. The van der Waals surface area contributed by atoms with E-state index in [0.29, 0.717) is 17.9 Å². The van der Waals surface area contributed by atoms with Crippen molar-refractivity contribution in [2.75, 3.05) is 36.8 Å². The van der Waals surface area contributed by atoms with Gasteiger partial charge in [-0.3, -0.25) is 4.79 Å². The molecule has 0 atom stereocenters. The van der Waals surface area contributed by atoms with Gasteiger partial charge in [-0.25, -0.2) is 4.79 Å². The standard InChI is InChI=1S/C19H32N4O2/c1-5-11-23(12-6-2)13-7-10-20-19(25)22-18-14-17(21-16(4)24)9-8-15(18)3/h8-9,14H,5-7,10-13H2,1-4H3,(H,21,24)(H2,20,22,25). The van der Waals surface area contributed by atoms with E-state index in [1.165, 1.54) is 6.92 Å². The lowest BCUT2D eigenvalue weighted by Gasteiger charge is -2.20. The molecule has 25 heavy (non-hydrogen) atoms. The first-order valence-corrected chi connectivity index (χ1v) is 9.11. The lowest BCUT2D eigenvalue weighted by atomic mass is 10.2. The van der Waals surface area contributed by atoms with Crippen molar-refractivity contribution in [1.82, 2.24) is 10.2 Å². The Labute approximate surface area is 151 Å². The highest BCUT2D eigenvalue weighted by Gasteiger charge is 2.07. The summed E-state index contributed by atoms with van der Waals surface area (Å²) in [5.74, 6) is -0.136. The van der Waals surface area contributed by atoms with Gasteiger partial charge in [0.15, 0.2) is 0 Å². The summed E-state index contributed by atoms with van der Waals surface area (Å²) in [6, 6.07) is 5.23. The van der Waals surface area contributed by atoms with E-state index in [2.05, 4.69) is 34.7 Å². The molecule has 0 aliphatic carbocycles. The van der Waals surface area contributed by atoms with Crippen LogP contribution in [0.25, 0.3) is 0 Å². The zero-order chi connectivity index (χ0) is 18.7. The molecular weight excluding hydrogens is 316 g/mol. The lowest BCUT2D eigenvalue weighted by Crippen LogP contribution is -2.33. The first-order valence-electron chi connectivity index (χ1n) is 9.11. The fourth-order valence-electron chi connectivity index (χ4n) is 2.68. The minimum Gasteiger partial charge on any atom is -0.338 e. The minimum atomic E-state index is -0.222. The van der Waals surface area contributed by atoms with Crippen molar-refractivity contribution in [2.24, 2.45) is 0 Å². The van der Waals surface area contributed by atoms with Gasteiger partial charge in [-0.05, 0) is 63.5 Å². The molecule has 0 unspecified atom stereocenters. The normalized spacial score (nSPS) is 10.6. The second kappa shape index (κ2) is 11.5. The Morgan fingerprint density at radius 2 is 1.72 bits per heavy atom. The average molecular weight is 348 g/mol. The van der Waals surface area contributed by atoms with Crippen LogP contribution in [-0.2, 0) is 4.79 Å². The van der Waals surface area contributed by atoms with Crippen LogP contribution < -0.4 is 16.0 Å². The second-order valence-corrected chi connectivity index (χ2v) is 6.29. The Morgan fingerprint density at radius 3 is 2.32 bits per heavy atom. The maximum atomic E-state index is 12.1. The van der Waals surface area contributed by atoms with E-state index in [0.717, 1.165) is 44.5 Å². The summed E-state index contributed by atoms with van der Waals surface area (Å²) in [7, 11) is 0. The van der Waals surface area contributed by atoms with Gasteiger partial charge in [0.25, 0.3) is 0 Å². The van der Waals surface area contributed by atoms with Crippen molar-refractivity contribution < 1.29 is 9.59 Å². The van der Waals surface area contributed by atoms with Crippen LogP contribution in [-0.4, -0.2) is 43.0 Å². The number of amides is 3. The number of carbonyl (C=O) groups excluding carboxylic acids is 2. The molecule has 1 rings (SSSR count). The maximum absolute atomic E-state index is 12.1. The molecule has 0 aromatic heterocycles. The summed E-state index contributed by atoms with van der Waals surface area (Å²) in [4.78, 5) is 25.6. The number of benzene rings is 1. The first kappa shape index (κ1) is 21.0. The molecular formula is C19H32N4O2. The Hall–Kier alpha value is -2.08. The number of nitrogens with zero attached hydrogens (tertiary/aromatic N) is 1. The van der Waals surface area contributed by atoms with Crippen LogP contribution in [0.5, 0.6) is 0 Å². The zero-order valence-corrected chi connectivity index (χ0v) is 15.9. The summed E-state index contributed by atoms with van der Waals surface area (Å²) in [6.45, 7) is 11.6. The van der Waals surface area contributed by atoms with Gasteiger partial charge in [0.05, 0.1) is 0 Å². The molecule has 0 radical (unpaired) electrons. The third-order valence-corrected chi connectivity index (χ3v) is 3.82. The van der Waals surface area contributed by atoms with Gasteiger partial charge in [-0.2, -0.15) is 0 Å². The van der Waals surface area contributed by atoms with Gasteiger partial charge in [-0.15, -0.1) is 0 Å². The third-order valence-electron chi connectivity index (χ3n) is 3.82. The summed E-state index contributed by atoms with van der Waals surface area (Å²) >= 11 is 0. The monoisotopic (exact) mass is 348 g/mol. The molecule has 3 amide bonds. The lowest BCUT2D eigenvalue weighted by molar-refractivity contribution is -0.114. The molecule has 140 valence electrons. The van der Waals surface area contributed by atoms with Gasteiger partial charge in [0.1, 0.15) is 0 Å². The van der Waals surface area contributed by atoms with Crippen LogP contribution in [0.4, 0.5) is 16.2 Å². The van der Waals surface area contributed by atoms with Crippen LogP contribution in [0.3, 0.4) is 0 Å². The summed E-state index contributed by atoms with van der Waals surface area (Å²) in [6.07, 6.45) is 3.23. The van der Waals surface area contributed by atoms with Gasteiger partial charge in [0, 0.05) is 24.8 Å². The number of anilines is 2. The largest absolute Gasteiger partial charge is 0.338 e. The number of aryl methyl sites for hydroxylation is 1. The van der Waals surface area contributed by atoms with Crippen molar-refractivity contribution in [3.8, 4) is 0 Å². The summed E-state index contributed by atoms with van der Waals surface area (Å²) in [5, 5.41) is 8.46. The number of carbonyl (C=O) groups is 2. The molecule has 0 aliphatic heterocycles. The van der Waals surface area contributed by atoms with Crippen molar-refractivity contribution in [3.63, 3.8) is 0 Å². The van der Waals surface area contributed by atoms with Crippen molar-refractivity contribution in [2.45, 2.75) is 47.0 Å². The van der Waals surface area contributed by atoms with Crippen molar-refractivity contribution >= 4 is 23.3 Å². The van der Waals surface area contributed by atoms with Gasteiger partial charge in [-0.1, -0.05) is 19.9 Å². The minimum absolute atomic E-state index is 0.136. The third kappa shape index (κ3) is 8.54. The van der Waals surface area contributed by atoms with Crippen LogP contribution in [0.15, 0.2) is 18.2 Å². The Bertz CT molecular complexity index is 554. The Kier molecular flexibility index (Phi) is 9.62. The van der Waals surface area contributed by atoms with E-state index < -0.39 is 0 Å². The van der Waals surface area contributed by atoms with Crippen molar-refractivity contribution in [3.05, 3.63) is 23.8 Å². The molecule has 0 saturated heterocycles. The number of rotatable bonds is 10. The fourth-order valence-corrected chi connectivity index (χ4v) is 2.68. The topological polar surface area (TPSA) is 73.5 Å². The van der Waals surface area contributed by atoms with E-state index >= 15 is 0 Å². The molecule has 6 nitrogen and oxygen atoms in total. The Balaban J connectivity index is 2.42. The first-order chi connectivity index (χ1) is 12.0. The summed E-state index contributed by atoms with van der Waals surface area (Å²) < 4.78 is 0. The average Bonchev–Trinajstić information content (AvgIpc) is 2.54. The molecule has 0 bridgehead atoms. The maximum Gasteiger partial charge on any atom is 0.319 e. The van der Waals surface area contributed by atoms with Crippen LogP contribution in [0.2, 0.25) is 0 Å². The van der Waals surface area contributed by atoms with Crippen LogP contribution in [0.1, 0.15) is 45.6 Å².